The van der Waals surface area contributed by atoms with Crippen LogP contribution in [0.4, 0.5) is 0 Å². The van der Waals surface area contributed by atoms with Crippen molar-refractivity contribution in [3.63, 3.8) is 0 Å². The zero-order chi connectivity index (χ0) is 20.2. The van der Waals surface area contributed by atoms with E-state index in [1.165, 1.54) is 51.4 Å². The summed E-state index contributed by atoms with van der Waals surface area (Å²) in [7, 11) is 3.70. The van der Waals surface area contributed by atoms with Crippen molar-refractivity contribution in [2.75, 3.05) is 14.1 Å². The number of hydrogen-bond donors (Lipinski definition) is 1. The molecule has 0 fully saturated rings. The second kappa shape index (κ2) is 13.5. The van der Waals surface area contributed by atoms with Gasteiger partial charge in [0, 0.05) is 5.92 Å². The molecular formula is C22H45NO3. The van der Waals surface area contributed by atoms with Crippen molar-refractivity contribution in [1.29, 1.82) is 0 Å². The summed E-state index contributed by atoms with van der Waals surface area (Å²) in [6.07, 6.45) is 11.6. The van der Waals surface area contributed by atoms with Crippen molar-refractivity contribution in [2.45, 2.75) is 111 Å². The number of likely N-dealkylation sites (N-methyl/N-ethyl adjacent to an activating group) is 1. The highest BCUT2D eigenvalue weighted by Crippen LogP contribution is 2.30. The van der Waals surface area contributed by atoms with Gasteiger partial charge in [-0.15, -0.1) is 0 Å². The maximum atomic E-state index is 12.6. The molecule has 0 saturated heterocycles. The van der Waals surface area contributed by atoms with Crippen LogP contribution in [0.3, 0.4) is 0 Å². The molecule has 26 heavy (non-hydrogen) atoms. The third-order valence-corrected chi connectivity index (χ3v) is 5.53. The molecule has 156 valence electrons. The average molecular weight is 372 g/mol. The van der Waals surface area contributed by atoms with Gasteiger partial charge in [0.25, 0.3) is 0 Å². The highest BCUT2D eigenvalue weighted by atomic mass is 16.6. The van der Waals surface area contributed by atoms with Gasteiger partial charge in [-0.1, -0.05) is 85.5 Å². The molecule has 0 radical (unpaired) electrons. The van der Waals surface area contributed by atoms with Crippen molar-refractivity contribution in [3.05, 3.63) is 0 Å². The predicted octanol–water partition coefficient (Wildman–Crippen LogP) is 5.38. The number of hydrogen-bond acceptors (Lipinski definition) is 4. The Morgan fingerprint density at radius 2 is 1.38 bits per heavy atom. The van der Waals surface area contributed by atoms with E-state index in [-0.39, 0.29) is 17.8 Å². The van der Waals surface area contributed by atoms with E-state index in [2.05, 4.69) is 6.92 Å². The third kappa shape index (κ3) is 8.39. The molecule has 1 N–H and O–H groups in total. The highest BCUT2D eigenvalue weighted by molar-refractivity contribution is 5.72. The number of aliphatic hydroxyl groups excluding tert-OH is 1. The summed E-state index contributed by atoms with van der Waals surface area (Å²) in [5.74, 6) is -0.328. The number of unbranched alkanes of at least 4 members (excludes halogenated alkanes) is 8. The van der Waals surface area contributed by atoms with E-state index < -0.39 is 11.8 Å². The Kier molecular flexibility index (Phi) is 13.2. The number of nitrogens with zero attached hydrogens (tertiary/aromatic N) is 1. The lowest BCUT2D eigenvalue weighted by Gasteiger charge is -2.44. The Morgan fingerprint density at radius 1 is 0.923 bits per heavy atom. The molecule has 4 nitrogen and oxygen atoms in total. The van der Waals surface area contributed by atoms with Gasteiger partial charge in [0.2, 0.25) is 0 Å². The zero-order valence-corrected chi connectivity index (χ0v) is 18.5. The first-order chi connectivity index (χ1) is 12.2. The van der Waals surface area contributed by atoms with Gasteiger partial charge in [0.1, 0.15) is 6.10 Å². The number of carbonyl (C=O) groups excluding carboxylic acids is 1. The minimum Gasteiger partial charge on any atom is -0.440 e. The van der Waals surface area contributed by atoms with Crippen LogP contribution in [0, 0.1) is 11.8 Å². The van der Waals surface area contributed by atoms with Crippen LogP contribution in [0.1, 0.15) is 98.8 Å². The van der Waals surface area contributed by atoms with Crippen LogP contribution < -0.4 is 0 Å². The van der Waals surface area contributed by atoms with E-state index in [1.54, 1.807) is 6.92 Å². The Labute approximate surface area is 162 Å². The monoisotopic (exact) mass is 371 g/mol. The lowest BCUT2D eigenvalue weighted by atomic mass is 9.92. The molecule has 0 rings (SSSR count). The van der Waals surface area contributed by atoms with E-state index >= 15 is 0 Å². The summed E-state index contributed by atoms with van der Waals surface area (Å²) >= 11 is 0. The molecule has 0 aliphatic heterocycles. The van der Waals surface area contributed by atoms with Crippen LogP contribution in [-0.4, -0.2) is 41.9 Å². The molecule has 3 unspecified atom stereocenters. The molecule has 0 heterocycles. The fourth-order valence-electron chi connectivity index (χ4n) is 3.81. The Morgan fingerprint density at radius 3 is 1.77 bits per heavy atom. The molecular weight excluding hydrogens is 326 g/mol. The third-order valence-electron chi connectivity index (χ3n) is 5.53. The fraction of sp³-hybridized carbons (Fsp3) is 0.955. The van der Waals surface area contributed by atoms with Gasteiger partial charge in [0.15, 0.2) is 5.72 Å². The van der Waals surface area contributed by atoms with Gasteiger partial charge in [-0.3, -0.25) is 9.69 Å². The van der Waals surface area contributed by atoms with E-state index in [0.29, 0.717) is 0 Å². The van der Waals surface area contributed by atoms with E-state index in [1.807, 2.05) is 39.8 Å². The topological polar surface area (TPSA) is 49.8 Å². The van der Waals surface area contributed by atoms with Gasteiger partial charge >= 0.3 is 5.97 Å². The Balaban J connectivity index is 4.22. The summed E-state index contributed by atoms with van der Waals surface area (Å²) in [5.41, 5.74) is -0.968. The average Bonchev–Trinajstić information content (AvgIpc) is 2.56. The maximum absolute atomic E-state index is 12.6. The molecule has 0 aromatic rings. The van der Waals surface area contributed by atoms with Crippen molar-refractivity contribution in [3.8, 4) is 0 Å². The standard InChI is InChI=1S/C22H45NO3/c1-8-9-10-11-12-13-14-15-16-17-19(4)21(25)26-22(18(2)3,20(5)24)23(6)7/h18-20,24H,8-17H2,1-7H3. The number of esters is 1. The second-order valence-electron chi connectivity index (χ2n) is 8.42. The van der Waals surface area contributed by atoms with Crippen LogP contribution in [0.2, 0.25) is 0 Å². The number of ether oxygens (including phenoxy) is 1. The maximum Gasteiger partial charge on any atom is 0.310 e. The summed E-state index contributed by atoms with van der Waals surface area (Å²) in [4.78, 5) is 14.4. The van der Waals surface area contributed by atoms with Gasteiger partial charge in [-0.25, -0.2) is 0 Å². The van der Waals surface area contributed by atoms with Crippen LogP contribution >= 0.6 is 0 Å². The van der Waals surface area contributed by atoms with Crippen molar-refractivity contribution in [2.24, 2.45) is 11.8 Å². The summed E-state index contributed by atoms with van der Waals surface area (Å²) in [6.45, 7) is 9.84. The summed E-state index contributed by atoms with van der Waals surface area (Å²) in [5, 5.41) is 10.3. The molecule has 0 amide bonds. The zero-order valence-electron chi connectivity index (χ0n) is 18.5. The predicted molar refractivity (Wildman–Crippen MR) is 110 cm³/mol. The quantitative estimate of drug-likeness (QED) is 0.238. The van der Waals surface area contributed by atoms with Crippen LogP contribution in [0.15, 0.2) is 0 Å². The minimum absolute atomic E-state index is 0.00126. The SMILES string of the molecule is CCCCCCCCCCCC(C)C(=O)OC(C(C)C)(C(C)O)N(C)C. The second-order valence-corrected chi connectivity index (χ2v) is 8.42. The van der Waals surface area contributed by atoms with Crippen LogP contribution in [-0.2, 0) is 9.53 Å². The first-order valence-corrected chi connectivity index (χ1v) is 10.8. The Bertz CT molecular complexity index is 345. The van der Waals surface area contributed by atoms with Gasteiger partial charge in [-0.2, -0.15) is 0 Å². The Hall–Kier alpha value is -0.610. The molecule has 4 heteroatoms. The molecule has 0 aliphatic rings. The molecule has 0 aromatic heterocycles. The van der Waals surface area contributed by atoms with Crippen molar-refractivity contribution >= 4 is 5.97 Å². The van der Waals surface area contributed by atoms with E-state index in [9.17, 15) is 9.90 Å². The number of rotatable bonds is 15. The minimum atomic E-state index is -0.968. The van der Waals surface area contributed by atoms with Gasteiger partial charge in [0.05, 0.1) is 5.92 Å². The van der Waals surface area contributed by atoms with Crippen LogP contribution in [0.25, 0.3) is 0 Å². The number of carbonyl (C=O) groups is 1. The van der Waals surface area contributed by atoms with E-state index in [0.717, 1.165) is 12.8 Å². The molecule has 0 spiro atoms. The molecule has 0 aliphatic carbocycles. The molecule has 0 aromatic carbocycles. The molecule has 0 saturated carbocycles. The summed E-state index contributed by atoms with van der Waals surface area (Å²) in [6, 6.07) is 0. The highest BCUT2D eigenvalue weighted by Gasteiger charge is 2.45. The van der Waals surface area contributed by atoms with Gasteiger partial charge in [-0.05, 0) is 27.4 Å². The molecule has 0 bridgehead atoms. The summed E-state index contributed by atoms with van der Waals surface area (Å²) < 4.78 is 5.85. The van der Waals surface area contributed by atoms with Crippen molar-refractivity contribution < 1.29 is 14.6 Å². The van der Waals surface area contributed by atoms with Gasteiger partial charge < -0.3 is 9.84 Å². The van der Waals surface area contributed by atoms with E-state index in [4.69, 9.17) is 4.74 Å². The first-order valence-electron chi connectivity index (χ1n) is 10.8. The molecule has 3 atom stereocenters. The largest absolute Gasteiger partial charge is 0.440 e. The smallest absolute Gasteiger partial charge is 0.310 e. The number of aliphatic hydroxyl groups is 1. The lowest BCUT2D eigenvalue weighted by Crippen LogP contribution is -2.59. The fourth-order valence-corrected chi connectivity index (χ4v) is 3.81. The first kappa shape index (κ1) is 25.4. The van der Waals surface area contributed by atoms with Crippen molar-refractivity contribution in [1.82, 2.24) is 4.90 Å². The lowest BCUT2D eigenvalue weighted by molar-refractivity contribution is -0.224. The normalized spacial score (nSPS) is 16.5. The van der Waals surface area contributed by atoms with Crippen LogP contribution in [0.5, 0.6) is 0 Å².